The Kier molecular flexibility index (Phi) is 9.19. The molecule has 1 fully saturated rings. The summed E-state index contributed by atoms with van der Waals surface area (Å²) in [5, 5.41) is 3.44. The Morgan fingerprint density at radius 1 is 1.03 bits per heavy atom. The van der Waals surface area contributed by atoms with Crippen molar-refractivity contribution in [2.45, 2.75) is 19.5 Å². The Morgan fingerprint density at radius 2 is 1.62 bits per heavy atom. The molecule has 1 unspecified atom stereocenters. The van der Waals surface area contributed by atoms with E-state index in [2.05, 4.69) is 53.4 Å². The summed E-state index contributed by atoms with van der Waals surface area (Å²) >= 11 is 0. The van der Waals surface area contributed by atoms with E-state index in [1.54, 1.807) is 14.2 Å². The summed E-state index contributed by atoms with van der Waals surface area (Å²) in [5.41, 5.74) is 2.45. The number of guanidine groups is 1. The van der Waals surface area contributed by atoms with Gasteiger partial charge in [0.25, 0.3) is 0 Å². The molecule has 2 aromatic rings. The number of nitrogens with one attached hydrogen (secondary N) is 1. The van der Waals surface area contributed by atoms with Gasteiger partial charge in [-0.05, 0) is 42.3 Å². The van der Waals surface area contributed by atoms with E-state index < -0.39 is 0 Å². The Morgan fingerprint density at radius 3 is 2.19 bits per heavy atom. The minimum Gasteiger partial charge on any atom is -0.497 e. The average Bonchev–Trinajstić information content (AvgIpc) is 2.85. The zero-order chi connectivity index (χ0) is 22.8. The van der Waals surface area contributed by atoms with Gasteiger partial charge in [0, 0.05) is 33.2 Å². The van der Waals surface area contributed by atoms with Crippen LogP contribution in [0, 0.1) is 0 Å². The van der Waals surface area contributed by atoms with E-state index in [4.69, 9.17) is 19.2 Å². The Labute approximate surface area is 192 Å². The Balaban J connectivity index is 1.76. The topological polar surface area (TPSA) is 58.6 Å². The molecule has 1 aliphatic rings. The summed E-state index contributed by atoms with van der Waals surface area (Å²) in [6.45, 7) is 7.68. The molecule has 1 heterocycles. The van der Waals surface area contributed by atoms with Gasteiger partial charge in [-0.3, -0.25) is 9.89 Å². The summed E-state index contributed by atoms with van der Waals surface area (Å²) < 4.78 is 16.2. The van der Waals surface area contributed by atoms with Gasteiger partial charge in [-0.2, -0.15) is 0 Å². The molecule has 2 aromatic carbocycles. The summed E-state index contributed by atoms with van der Waals surface area (Å²) in [5.74, 6) is 2.63. The van der Waals surface area contributed by atoms with Crippen molar-refractivity contribution < 1.29 is 14.2 Å². The highest BCUT2D eigenvalue weighted by Gasteiger charge is 2.23. The lowest BCUT2D eigenvalue weighted by atomic mass is 10.0. The number of ether oxygens (including phenoxy) is 3. The van der Waals surface area contributed by atoms with E-state index in [0.29, 0.717) is 6.54 Å². The maximum absolute atomic E-state index is 5.58. The Bertz CT molecular complexity index is 833. The highest BCUT2D eigenvalue weighted by atomic mass is 16.5. The number of morpholine rings is 1. The fourth-order valence-corrected chi connectivity index (χ4v) is 3.87. The Hall–Kier alpha value is -2.77. The third kappa shape index (κ3) is 6.61. The summed E-state index contributed by atoms with van der Waals surface area (Å²) in [6.07, 6.45) is 0. The van der Waals surface area contributed by atoms with Gasteiger partial charge in [-0.1, -0.05) is 24.3 Å². The van der Waals surface area contributed by atoms with Crippen LogP contribution in [0.2, 0.25) is 0 Å². The van der Waals surface area contributed by atoms with Crippen molar-refractivity contribution in [1.29, 1.82) is 0 Å². The number of aliphatic imine (C=N–C) groups is 1. The molecule has 1 aliphatic heterocycles. The van der Waals surface area contributed by atoms with Crippen LogP contribution in [0.1, 0.15) is 24.1 Å². The number of nitrogens with zero attached hydrogens (tertiary/aromatic N) is 3. The summed E-state index contributed by atoms with van der Waals surface area (Å²) in [6, 6.07) is 16.7. The molecule has 32 heavy (non-hydrogen) atoms. The van der Waals surface area contributed by atoms with Crippen LogP contribution in [0.4, 0.5) is 0 Å². The molecule has 7 nitrogen and oxygen atoms in total. The first-order valence-electron chi connectivity index (χ1n) is 11.2. The second kappa shape index (κ2) is 12.3. The molecular formula is C25H36N4O3. The standard InChI is InChI=1S/C25H36N4O3/c1-5-26-25(28(2)19-20-6-10-22(30-3)11-7-20)27-18-24(29-14-16-32-17-15-29)21-8-12-23(31-4)13-9-21/h6-13,24H,5,14-19H2,1-4H3,(H,26,27). The van der Waals surface area contributed by atoms with Crippen LogP contribution >= 0.6 is 0 Å². The molecule has 0 saturated carbocycles. The first-order valence-corrected chi connectivity index (χ1v) is 11.2. The van der Waals surface area contributed by atoms with Gasteiger partial charge in [0.2, 0.25) is 0 Å². The van der Waals surface area contributed by atoms with E-state index in [1.165, 1.54) is 11.1 Å². The van der Waals surface area contributed by atoms with Crippen molar-refractivity contribution in [1.82, 2.24) is 15.1 Å². The normalized spacial score (nSPS) is 15.8. The second-order valence-electron chi connectivity index (χ2n) is 7.84. The van der Waals surface area contributed by atoms with Crippen LogP contribution in [0.3, 0.4) is 0 Å². The molecule has 3 rings (SSSR count). The summed E-state index contributed by atoms with van der Waals surface area (Å²) in [7, 11) is 5.45. The number of methoxy groups -OCH3 is 2. The summed E-state index contributed by atoms with van der Waals surface area (Å²) in [4.78, 5) is 9.65. The van der Waals surface area contributed by atoms with Crippen molar-refractivity contribution >= 4 is 5.96 Å². The van der Waals surface area contributed by atoms with Crippen LogP contribution < -0.4 is 14.8 Å². The van der Waals surface area contributed by atoms with Gasteiger partial charge in [-0.25, -0.2) is 0 Å². The quantitative estimate of drug-likeness (QED) is 0.478. The molecule has 0 amide bonds. The first kappa shape index (κ1) is 23.9. The SMILES string of the molecule is CCNC(=NCC(c1ccc(OC)cc1)N1CCOCC1)N(C)Cc1ccc(OC)cc1. The fraction of sp³-hybridized carbons (Fsp3) is 0.480. The smallest absolute Gasteiger partial charge is 0.194 e. The second-order valence-corrected chi connectivity index (χ2v) is 7.84. The first-order chi connectivity index (χ1) is 15.6. The van der Waals surface area contributed by atoms with Crippen molar-refractivity contribution in [2.24, 2.45) is 4.99 Å². The molecule has 0 radical (unpaired) electrons. The van der Waals surface area contributed by atoms with E-state index in [0.717, 1.165) is 56.9 Å². The third-order valence-electron chi connectivity index (χ3n) is 5.68. The van der Waals surface area contributed by atoms with Gasteiger partial charge in [0.15, 0.2) is 5.96 Å². The fourth-order valence-electron chi connectivity index (χ4n) is 3.87. The lowest BCUT2D eigenvalue weighted by molar-refractivity contribution is 0.0179. The molecule has 0 bridgehead atoms. The highest BCUT2D eigenvalue weighted by Crippen LogP contribution is 2.25. The average molecular weight is 441 g/mol. The van der Waals surface area contributed by atoms with Crippen molar-refractivity contribution in [3.8, 4) is 11.5 Å². The van der Waals surface area contributed by atoms with E-state index in [-0.39, 0.29) is 6.04 Å². The molecule has 1 saturated heterocycles. The predicted molar refractivity (Wildman–Crippen MR) is 129 cm³/mol. The van der Waals surface area contributed by atoms with Gasteiger partial charge >= 0.3 is 0 Å². The number of hydrogen-bond acceptors (Lipinski definition) is 5. The zero-order valence-electron chi connectivity index (χ0n) is 19.7. The van der Waals surface area contributed by atoms with Crippen LogP contribution in [-0.2, 0) is 11.3 Å². The minimum absolute atomic E-state index is 0.188. The molecule has 0 spiro atoms. The number of hydrogen-bond donors (Lipinski definition) is 1. The largest absolute Gasteiger partial charge is 0.497 e. The van der Waals surface area contributed by atoms with Gasteiger partial charge in [-0.15, -0.1) is 0 Å². The maximum Gasteiger partial charge on any atom is 0.194 e. The maximum atomic E-state index is 5.58. The van der Waals surface area contributed by atoms with Crippen molar-refractivity contribution in [3.63, 3.8) is 0 Å². The van der Waals surface area contributed by atoms with E-state index in [1.807, 2.05) is 24.3 Å². The third-order valence-corrected chi connectivity index (χ3v) is 5.68. The van der Waals surface area contributed by atoms with Gasteiger partial charge < -0.3 is 24.4 Å². The van der Waals surface area contributed by atoms with Gasteiger partial charge in [0.1, 0.15) is 11.5 Å². The van der Waals surface area contributed by atoms with Crippen molar-refractivity contribution in [2.75, 3.05) is 60.7 Å². The lowest BCUT2D eigenvalue weighted by Gasteiger charge is -2.34. The van der Waals surface area contributed by atoms with Crippen LogP contribution in [0.15, 0.2) is 53.5 Å². The molecule has 1 N–H and O–H groups in total. The minimum atomic E-state index is 0.188. The van der Waals surface area contributed by atoms with E-state index in [9.17, 15) is 0 Å². The molecule has 0 aliphatic carbocycles. The molecule has 174 valence electrons. The highest BCUT2D eigenvalue weighted by molar-refractivity contribution is 5.79. The monoisotopic (exact) mass is 440 g/mol. The number of rotatable bonds is 9. The molecule has 7 heteroatoms. The lowest BCUT2D eigenvalue weighted by Crippen LogP contribution is -2.42. The van der Waals surface area contributed by atoms with E-state index >= 15 is 0 Å². The predicted octanol–water partition coefficient (Wildman–Crippen LogP) is 3.17. The zero-order valence-corrected chi connectivity index (χ0v) is 19.7. The van der Waals surface area contributed by atoms with Crippen LogP contribution in [0.5, 0.6) is 11.5 Å². The van der Waals surface area contributed by atoms with Crippen molar-refractivity contribution in [3.05, 3.63) is 59.7 Å². The van der Waals surface area contributed by atoms with Gasteiger partial charge in [0.05, 0.1) is 40.0 Å². The molecule has 0 aromatic heterocycles. The van der Waals surface area contributed by atoms with Crippen LogP contribution in [0.25, 0.3) is 0 Å². The number of benzene rings is 2. The molecule has 1 atom stereocenters. The molecular weight excluding hydrogens is 404 g/mol. The van der Waals surface area contributed by atoms with Crippen LogP contribution in [-0.4, -0.2) is 76.4 Å².